The predicted molar refractivity (Wildman–Crippen MR) is 145 cm³/mol. The first-order valence-corrected chi connectivity index (χ1v) is 14.6. The molecule has 1 saturated carbocycles. The van der Waals surface area contributed by atoms with E-state index in [1.165, 1.54) is 11.0 Å². The van der Waals surface area contributed by atoms with Gasteiger partial charge in [0.05, 0.1) is 11.9 Å². The van der Waals surface area contributed by atoms with Crippen molar-refractivity contribution in [1.82, 2.24) is 10.2 Å². The molecule has 36 heavy (non-hydrogen) atoms. The highest BCUT2D eigenvalue weighted by Crippen LogP contribution is 2.27. The van der Waals surface area contributed by atoms with Crippen molar-refractivity contribution in [2.45, 2.75) is 58.2 Å². The number of aryl methyl sites for hydroxylation is 1. The number of hydrogen-bond donors (Lipinski definition) is 1. The molecule has 11 heteroatoms. The number of nitrogens with zero attached hydrogens (tertiary/aromatic N) is 2. The lowest BCUT2D eigenvalue weighted by atomic mass is 10.1. The number of carbonyl (C=O) groups excluding carboxylic acids is 2. The van der Waals surface area contributed by atoms with Gasteiger partial charge in [-0.05, 0) is 62.1 Å². The third kappa shape index (κ3) is 7.28. The average molecular weight is 575 g/mol. The molecule has 1 aliphatic rings. The summed E-state index contributed by atoms with van der Waals surface area (Å²) in [5, 5.41) is 4.17. The maximum Gasteiger partial charge on any atom is 0.244 e. The first kappa shape index (κ1) is 28.6. The third-order valence-corrected chi connectivity index (χ3v) is 8.48. The van der Waals surface area contributed by atoms with Gasteiger partial charge >= 0.3 is 0 Å². The van der Waals surface area contributed by atoms with Crippen molar-refractivity contribution >= 4 is 62.3 Å². The number of rotatable bonds is 9. The Labute approximate surface area is 227 Å². The van der Waals surface area contributed by atoms with Crippen molar-refractivity contribution in [2.24, 2.45) is 0 Å². The number of hydrogen-bond acceptors (Lipinski definition) is 4. The van der Waals surface area contributed by atoms with Crippen LogP contribution in [0.1, 0.15) is 43.7 Å². The Hall–Kier alpha value is -2.00. The van der Waals surface area contributed by atoms with E-state index in [2.05, 4.69) is 5.32 Å². The van der Waals surface area contributed by atoms with Gasteiger partial charge in [-0.15, -0.1) is 0 Å². The van der Waals surface area contributed by atoms with Crippen molar-refractivity contribution in [3.63, 3.8) is 0 Å². The van der Waals surface area contributed by atoms with Gasteiger partial charge in [-0.25, -0.2) is 8.42 Å². The lowest BCUT2D eigenvalue weighted by molar-refractivity contribution is -0.139. The maximum absolute atomic E-state index is 13.6. The van der Waals surface area contributed by atoms with Gasteiger partial charge in [0.15, 0.2) is 0 Å². The monoisotopic (exact) mass is 573 g/mol. The van der Waals surface area contributed by atoms with Crippen molar-refractivity contribution in [3.8, 4) is 0 Å². The Balaban J connectivity index is 1.92. The molecule has 7 nitrogen and oxygen atoms in total. The third-order valence-electron chi connectivity index (χ3n) is 6.35. The minimum absolute atomic E-state index is 0.000342. The highest BCUT2D eigenvalue weighted by molar-refractivity contribution is 7.92. The zero-order chi connectivity index (χ0) is 26.6. The number of nitrogens with one attached hydrogen (secondary N) is 1. The van der Waals surface area contributed by atoms with E-state index in [1.54, 1.807) is 44.2 Å². The second kappa shape index (κ2) is 12.0. The lowest BCUT2D eigenvalue weighted by Crippen LogP contribution is -2.52. The summed E-state index contributed by atoms with van der Waals surface area (Å²) >= 11 is 18.6. The second-order valence-electron chi connectivity index (χ2n) is 9.13. The fourth-order valence-electron chi connectivity index (χ4n) is 4.16. The molecule has 0 radical (unpaired) electrons. The quantitative estimate of drug-likeness (QED) is 0.446. The van der Waals surface area contributed by atoms with Crippen molar-refractivity contribution in [1.29, 1.82) is 0 Å². The summed E-state index contributed by atoms with van der Waals surface area (Å²) in [4.78, 5) is 28.1. The summed E-state index contributed by atoms with van der Waals surface area (Å²) in [5.74, 6) is -0.859. The summed E-state index contributed by atoms with van der Waals surface area (Å²) in [7, 11) is -3.84. The largest absolute Gasteiger partial charge is 0.352 e. The van der Waals surface area contributed by atoms with Gasteiger partial charge in [0.2, 0.25) is 21.8 Å². The number of benzene rings is 2. The molecule has 1 aliphatic carbocycles. The van der Waals surface area contributed by atoms with Crippen molar-refractivity contribution in [3.05, 3.63) is 62.6 Å². The first-order chi connectivity index (χ1) is 16.9. The van der Waals surface area contributed by atoms with Crippen LogP contribution in [-0.4, -0.2) is 50.0 Å². The molecule has 0 spiro atoms. The van der Waals surface area contributed by atoms with Crippen molar-refractivity contribution < 1.29 is 18.0 Å². The average Bonchev–Trinajstić information content (AvgIpc) is 3.30. The van der Waals surface area contributed by atoms with Crippen LogP contribution in [-0.2, 0) is 26.2 Å². The molecule has 196 valence electrons. The minimum Gasteiger partial charge on any atom is -0.352 e. The molecule has 3 rings (SSSR count). The number of carbonyl (C=O) groups is 2. The molecule has 0 aliphatic heterocycles. The summed E-state index contributed by atoms with van der Waals surface area (Å²) in [6, 6.07) is 8.86. The van der Waals surface area contributed by atoms with E-state index in [0.29, 0.717) is 20.6 Å². The van der Waals surface area contributed by atoms with Crippen LogP contribution in [0.5, 0.6) is 0 Å². The SMILES string of the molecule is Cc1ccc(N(CC(=O)N(Cc2ccc(Cl)cc2Cl)[C@H](C)C(=O)NC2CCCC2)S(C)(=O)=O)cc1Cl. The van der Waals surface area contributed by atoms with Crippen LogP contribution < -0.4 is 9.62 Å². The van der Waals surface area contributed by atoms with Crippen LogP contribution in [0, 0.1) is 6.92 Å². The molecule has 2 aromatic carbocycles. The number of amides is 2. The predicted octanol–water partition coefficient (Wildman–Crippen LogP) is 5.20. The second-order valence-corrected chi connectivity index (χ2v) is 12.3. The zero-order valence-electron chi connectivity index (χ0n) is 20.4. The molecule has 0 bridgehead atoms. The van der Waals surface area contributed by atoms with Crippen LogP contribution >= 0.6 is 34.8 Å². The number of sulfonamides is 1. The Bertz CT molecular complexity index is 1230. The van der Waals surface area contributed by atoms with Gasteiger partial charge < -0.3 is 10.2 Å². The molecule has 0 saturated heterocycles. The topological polar surface area (TPSA) is 86.8 Å². The van der Waals surface area contributed by atoms with E-state index < -0.39 is 28.5 Å². The molecule has 0 heterocycles. The van der Waals surface area contributed by atoms with Gasteiger partial charge in [-0.3, -0.25) is 13.9 Å². The standard InChI is InChI=1S/C25H30Cl3N3O4S/c1-16-8-11-21(13-22(16)27)31(36(3,34)35)15-24(32)30(14-18-9-10-19(26)12-23(18)28)17(2)25(33)29-20-6-4-5-7-20/h8-13,17,20H,4-7,14-15H2,1-3H3,(H,29,33)/t17-/m1/s1. The molecule has 1 atom stereocenters. The molecule has 2 aromatic rings. The molecular formula is C25H30Cl3N3O4S. The molecular weight excluding hydrogens is 545 g/mol. The molecule has 2 amide bonds. The molecule has 1 N–H and O–H groups in total. The van der Waals surface area contributed by atoms with Crippen LogP contribution in [0.4, 0.5) is 5.69 Å². The van der Waals surface area contributed by atoms with E-state index in [9.17, 15) is 18.0 Å². The molecule has 0 unspecified atom stereocenters. The van der Waals surface area contributed by atoms with Crippen LogP contribution in [0.25, 0.3) is 0 Å². The van der Waals surface area contributed by atoms with Crippen LogP contribution in [0.2, 0.25) is 15.1 Å². The fraction of sp³-hybridized carbons (Fsp3) is 0.440. The van der Waals surface area contributed by atoms with Crippen LogP contribution in [0.15, 0.2) is 36.4 Å². The maximum atomic E-state index is 13.6. The fourth-order valence-corrected chi connectivity index (χ4v) is 5.64. The van der Waals surface area contributed by atoms with Gasteiger partial charge in [0, 0.05) is 27.7 Å². The summed E-state index contributed by atoms with van der Waals surface area (Å²) in [5.41, 5.74) is 1.62. The zero-order valence-corrected chi connectivity index (χ0v) is 23.5. The normalized spacial score (nSPS) is 14.9. The van der Waals surface area contributed by atoms with Crippen molar-refractivity contribution in [2.75, 3.05) is 17.1 Å². The first-order valence-electron chi connectivity index (χ1n) is 11.6. The Morgan fingerprint density at radius 1 is 1.06 bits per heavy atom. The Morgan fingerprint density at radius 3 is 2.31 bits per heavy atom. The Morgan fingerprint density at radius 2 is 1.72 bits per heavy atom. The number of halogens is 3. The van der Waals surface area contributed by atoms with E-state index in [-0.39, 0.29) is 24.2 Å². The highest BCUT2D eigenvalue weighted by atomic mass is 35.5. The van der Waals surface area contributed by atoms with Crippen LogP contribution in [0.3, 0.4) is 0 Å². The number of anilines is 1. The Kier molecular flexibility index (Phi) is 9.55. The molecule has 0 aromatic heterocycles. The molecule has 1 fully saturated rings. The van der Waals surface area contributed by atoms with Gasteiger partial charge in [0.25, 0.3) is 0 Å². The van der Waals surface area contributed by atoms with Gasteiger partial charge in [-0.2, -0.15) is 0 Å². The van der Waals surface area contributed by atoms with E-state index >= 15 is 0 Å². The van der Waals surface area contributed by atoms with E-state index in [1.807, 2.05) is 0 Å². The summed E-state index contributed by atoms with van der Waals surface area (Å²) in [6.45, 7) is 2.91. The minimum atomic E-state index is -3.84. The van der Waals surface area contributed by atoms with E-state index in [4.69, 9.17) is 34.8 Å². The van der Waals surface area contributed by atoms with Gasteiger partial charge in [0.1, 0.15) is 12.6 Å². The van der Waals surface area contributed by atoms with E-state index in [0.717, 1.165) is 41.8 Å². The highest BCUT2D eigenvalue weighted by Gasteiger charge is 2.31. The smallest absolute Gasteiger partial charge is 0.244 e. The summed E-state index contributed by atoms with van der Waals surface area (Å²) < 4.78 is 26.3. The van der Waals surface area contributed by atoms with Gasteiger partial charge in [-0.1, -0.05) is 59.8 Å². The summed E-state index contributed by atoms with van der Waals surface area (Å²) in [6.07, 6.45) is 4.90. The lowest BCUT2D eigenvalue weighted by Gasteiger charge is -2.32.